The van der Waals surface area contributed by atoms with E-state index in [2.05, 4.69) is 58.0 Å². The molecule has 0 amide bonds. The minimum atomic E-state index is -0.102. The smallest absolute Gasteiger partial charge is 0.122 e. The Morgan fingerprint density at radius 2 is 1.55 bits per heavy atom. The zero-order valence-corrected chi connectivity index (χ0v) is 12.7. The van der Waals surface area contributed by atoms with Crippen LogP contribution in [0.15, 0.2) is 36.4 Å². The van der Waals surface area contributed by atoms with Gasteiger partial charge in [-0.2, -0.15) is 0 Å². The second-order valence-electron chi connectivity index (χ2n) is 5.61. The summed E-state index contributed by atoms with van der Waals surface area (Å²) in [5, 5.41) is 0. The molecule has 2 rings (SSSR count). The summed E-state index contributed by atoms with van der Waals surface area (Å²) in [5.74, 6) is 0.912. The first-order valence-electron chi connectivity index (χ1n) is 6.99. The Balaban J connectivity index is 2.06. The predicted octanol–water partition coefficient (Wildman–Crippen LogP) is 4.00. The Hall–Kier alpha value is -1.80. The highest BCUT2D eigenvalue weighted by Gasteiger charge is 2.09. The maximum atomic E-state index is 6.24. The number of rotatable bonds is 4. The SMILES string of the molecule is Cc1cc(C)cc(C(N)COc2ccc(C)cc2C)c1. The zero-order chi connectivity index (χ0) is 14.7. The van der Waals surface area contributed by atoms with E-state index >= 15 is 0 Å². The van der Waals surface area contributed by atoms with E-state index in [1.165, 1.54) is 16.7 Å². The number of ether oxygens (including phenoxy) is 1. The van der Waals surface area contributed by atoms with Gasteiger partial charge in [-0.15, -0.1) is 0 Å². The van der Waals surface area contributed by atoms with Gasteiger partial charge in [0.25, 0.3) is 0 Å². The molecule has 0 saturated carbocycles. The second kappa shape index (κ2) is 6.10. The van der Waals surface area contributed by atoms with Gasteiger partial charge in [-0.05, 0) is 44.9 Å². The largest absolute Gasteiger partial charge is 0.491 e. The molecule has 106 valence electrons. The lowest BCUT2D eigenvalue weighted by atomic mass is 10.0. The molecule has 0 fully saturated rings. The molecule has 0 bridgehead atoms. The van der Waals surface area contributed by atoms with Crippen LogP contribution in [0.25, 0.3) is 0 Å². The van der Waals surface area contributed by atoms with Crippen LogP contribution in [0.4, 0.5) is 0 Å². The summed E-state index contributed by atoms with van der Waals surface area (Å²) in [5.41, 5.74) is 12.2. The van der Waals surface area contributed by atoms with E-state index in [9.17, 15) is 0 Å². The summed E-state index contributed by atoms with van der Waals surface area (Å²) in [6.45, 7) is 8.82. The molecular formula is C18H23NO. The van der Waals surface area contributed by atoms with Gasteiger partial charge in [0.15, 0.2) is 0 Å². The maximum absolute atomic E-state index is 6.24. The highest BCUT2D eigenvalue weighted by Crippen LogP contribution is 2.21. The number of hydrogen-bond donors (Lipinski definition) is 1. The van der Waals surface area contributed by atoms with Crippen LogP contribution in [-0.4, -0.2) is 6.61 Å². The molecule has 2 aromatic rings. The van der Waals surface area contributed by atoms with Crippen molar-refractivity contribution in [3.8, 4) is 5.75 Å². The Morgan fingerprint density at radius 3 is 2.15 bits per heavy atom. The minimum Gasteiger partial charge on any atom is -0.491 e. The Labute approximate surface area is 121 Å². The normalized spacial score (nSPS) is 12.2. The van der Waals surface area contributed by atoms with Crippen molar-refractivity contribution in [1.82, 2.24) is 0 Å². The van der Waals surface area contributed by atoms with Gasteiger partial charge in [0.2, 0.25) is 0 Å². The fourth-order valence-corrected chi connectivity index (χ4v) is 2.46. The first-order valence-corrected chi connectivity index (χ1v) is 6.99. The van der Waals surface area contributed by atoms with Gasteiger partial charge < -0.3 is 10.5 Å². The molecule has 0 saturated heterocycles. The minimum absolute atomic E-state index is 0.102. The third kappa shape index (κ3) is 3.61. The van der Waals surface area contributed by atoms with Crippen molar-refractivity contribution in [3.63, 3.8) is 0 Å². The Morgan fingerprint density at radius 1 is 0.900 bits per heavy atom. The monoisotopic (exact) mass is 269 g/mol. The van der Waals surface area contributed by atoms with E-state index in [4.69, 9.17) is 10.5 Å². The van der Waals surface area contributed by atoms with Crippen LogP contribution in [0.5, 0.6) is 5.75 Å². The number of hydrogen-bond acceptors (Lipinski definition) is 2. The summed E-state index contributed by atoms with van der Waals surface area (Å²) in [6.07, 6.45) is 0. The summed E-state index contributed by atoms with van der Waals surface area (Å²) in [4.78, 5) is 0. The molecule has 1 unspecified atom stereocenters. The van der Waals surface area contributed by atoms with E-state index in [1.807, 2.05) is 6.07 Å². The van der Waals surface area contributed by atoms with Gasteiger partial charge in [-0.3, -0.25) is 0 Å². The number of benzene rings is 2. The molecule has 0 aromatic heterocycles. The van der Waals surface area contributed by atoms with E-state index in [-0.39, 0.29) is 6.04 Å². The zero-order valence-electron chi connectivity index (χ0n) is 12.7. The fraction of sp³-hybridized carbons (Fsp3) is 0.333. The second-order valence-corrected chi connectivity index (χ2v) is 5.61. The van der Waals surface area contributed by atoms with Gasteiger partial charge >= 0.3 is 0 Å². The van der Waals surface area contributed by atoms with Crippen LogP contribution in [-0.2, 0) is 0 Å². The van der Waals surface area contributed by atoms with Crippen LogP contribution in [0.2, 0.25) is 0 Å². The van der Waals surface area contributed by atoms with Gasteiger partial charge in [-0.25, -0.2) is 0 Å². The highest BCUT2D eigenvalue weighted by atomic mass is 16.5. The van der Waals surface area contributed by atoms with E-state index < -0.39 is 0 Å². The van der Waals surface area contributed by atoms with Crippen LogP contribution in [0, 0.1) is 27.7 Å². The lowest BCUT2D eigenvalue weighted by Crippen LogP contribution is -2.19. The van der Waals surface area contributed by atoms with Crippen molar-refractivity contribution in [1.29, 1.82) is 0 Å². The van der Waals surface area contributed by atoms with E-state index in [1.54, 1.807) is 0 Å². The van der Waals surface area contributed by atoms with Crippen molar-refractivity contribution < 1.29 is 4.74 Å². The quantitative estimate of drug-likeness (QED) is 0.910. The fourth-order valence-electron chi connectivity index (χ4n) is 2.46. The molecule has 0 spiro atoms. The molecule has 20 heavy (non-hydrogen) atoms. The number of nitrogens with two attached hydrogens (primary N) is 1. The van der Waals surface area contributed by atoms with Crippen molar-refractivity contribution in [2.75, 3.05) is 6.61 Å². The summed E-state index contributed by atoms with van der Waals surface area (Å²) in [7, 11) is 0. The van der Waals surface area contributed by atoms with Crippen molar-refractivity contribution >= 4 is 0 Å². The van der Waals surface area contributed by atoms with Crippen molar-refractivity contribution in [2.24, 2.45) is 5.73 Å². The summed E-state index contributed by atoms with van der Waals surface area (Å²) < 4.78 is 5.86. The van der Waals surface area contributed by atoms with Crippen LogP contribution < -0.4 is 10.5 Å². The summed E-state index contributed by atoms with van der Waals surface area (Å²) in [6, 6.07) is 12.5. The third-order valence-corrected chi connectivity index (χ3v) is 3.42. The van der Waals surface area contributed by atoms with Gasteiger partial charge in [0.1, 0.15) is 12.4 Å². The lowest BCUT2D eigenvalue weighted by Gasteiger charge is -2.16. The Bertz CT molecular complexity index is 584. The molecule has 2 heteroatoms. The average Bonchev–Trinajstić information content (AvgIpc) is 2.36. The third-order valence-electron chi connectivity index (χ3n) is 3.42. The molecule has 1 atom stereocenters. The molecule has 2 aromatic carbocycles. The molecule has 0 radical (unpaired) electrons. The molecule has 0 aliphatic heterocycles. The number of aryl methyl sites for hydroxylation is 4. The topological polar surface area (TPSA) is 35.2 Å². The molecule has 2 N–H and O–H groups in total. The molecule has 0 aliphatic rings. The van der Waals surface area contributed by atoms with Crippen molar-refractivity contribution in [2.45, 2.75) is 33.7 Å². The average molecular weight is 269 g/mol. The van der Waals surface area contributed by atoms with Crippen LogP contribution >= 0.6 is 0 Å². The molecule has 0 heterocycles. The molecule has 2 nitrogen and oxygen atoms in total. The molecule has 0 aliphatic carbocycles. The highest BCUT2D eigenvalue weighted by molar-refractivity contribution is 5.36. The maximum Gasteiger partial charge on any atom is 0.122 e. The predicted molar refractivity (Wildman–Crippen MR) is 84.3 cm³/mol. The van der Waals surface area contributed by atoms with E-state index in [0.717, 1.165) is 16.9 Å². The van der Waals surface area contributed by atoms with Gasteiger partial charge in [0.05, 0.1) is 6.04 Å². The van der Waals surface area contributed by atoms with Crippen molar-refractivity contribution in [3.05, 3.63) is 64.2 Å². The van der Waals surface area contributed by atoms with Crippen LogP contribution in [0.1, 0.15) is 33.9 Å². The summed E-state index contributed by atoms with van der Waals surface area (Å²) >= 11 is 0. The first kappa shape index (κ1) is 14.6. The first-order chi connectivity index (χ1) is 9.45. The van der Waals surface area contributed by atoms with Gasteiger partial charge in [0, 0.05) is 0 Å². The van der Waals surface area contributed by atoms with Crippen LogP contribution in [0.3, 0.4) is 0 Å². The molecular weight excluding hydrogens is 246 g/mol. The Kier molecular flexibility index (Phi) is 4.46. The van der Waals surface area contributed by atoms with E-state index in [0.29, 0.717) is 6.61 Å². The standard InChI is InChI=1S/C18H23NO/c1-12-5-6-18(15(4)8-12)20-11-17(19)16-9-13(2)7-14(3)10-16/h5-10,17H,11,19H2,1-4H3. The lowest BCUT2D eigenvalue weighted by molar-refractivity contribution is 0.289. The van der Waals surface area contributed by atoms with Gasteiger partial charge in [-0.1, -0.05) is 47.0 Å².